The molecule has 0 atom stereocenters. The molecule has 2 N–H and O–H groups in total. The van der Waals surface area contributed by atoms with E-state index >= 15 is 0 Å². The fourth-order valence-electron chi connectivity index (χ4n) is 1.11. The molecule has 0 aliphatic carbocycles. The molecule has 2 aromatic rings. The third-order valence-corrected chi connectivity index (χ3v) is 1.90. The maximum atomic E-state index is 5.46. The van der Waals surface area contributed by atoms with E-state index in [4.69, 9.17) is 10.5 Å². The van der Waals surface area contributed by atoms with E-state index in [1.165, 1.54) is 5.56 Å². The van der Waals surface area contributed by atoms with Crippen LogP contribution in [0.5, 0.6) is 11.6 Å². The van der Waals surface area contributed by atoms with Gasteiger partial charge in [-0.1, -0.05) is 17.7 Å². The predicted molar refractivity (Wildman–Crippen MR) is 57.7 cm³/mol. The number of ether oxygens (including phenoxy) is 1. The van der Waals surface area contributed by atoms with Gasteiger partial charge in [0.2, 0.25) is 5.88 Å². The number of hydrogen-bond donors (Lipinski definition) is 1. The van der Waals surface area contributed by atoms with Crippen molar-refractivity contribution in [1.29, 1.82) is 0 Å². The summed E-state index contributed by atoms with van der Waals surface area (Å²) in [6.45, 7) is 2.02. The highest BCUT2D eigenvalue weighted by Gasteiger charge is 1.98. The van der Waals surface area contributed by atoms with Gasteiger partial charge in [0.05, 0.1) is 0 Å². The van der Waals surface area contributed by atoms with Crippen molar-refractivity contribution >= 4 is 5.82 Å². The van der Waals surface area contributed by atoms with Crippen LogP contribution in [0.2, 0.25) is 0 Å². The molecule has 15 heavy (non-hydrogen) atoms. The summed E-state index contributed by atoms with van der Waals surface area (Å²) in [5.74, 6) is 1.55. The third kappa shape index (κ3) is 2.43. The molecular formula is C11H11N3O. The predicted octanol–water partition coefficient (Wildman–Crippen LogP) is 2.16. The molecule has 0 bridgehead atoms. The Balaban J connectivity index is 2.15. The molecule has 1 aromatic heterocycles. The molecule has 76 valence electrons. The minimum atomic E-state index is 0.381. The topological polar surface area (TPSA) is 61.0 Å². The van der Waals surface area contributed by atoms with Gasteiger partial charge in [0.1, 0.15) is 11.6 Å². The van der Waals surface area contributed by atoms with E-state index in [0.717, 1.165) is 5.75 Å². The van der Waals surface area contributed by atoms with Gasteiger partial charge in [0.15, 0.2) is 0 Å². The molecule has 4 nitrogen and oxygen atoms in total. The van der Waals surface area contributed by atoms with Crippen molar-refractivity contribution in [2.24, 2.45) is 0 Å². The average molecular weight is 201 g/mol. The minimum Gasteiger partial charge on any atom is -0.438 e. The second-order valence-corrected chi connectivity index (χ2v) is 3.21. The van der Waals surface area contributed by atoms with Crippen LogP contribution in [0.3, 0.4) is 0 Å². The maximum Gasteiger partial charge on any atom is 0.238 e. The van der Waals surface area contributed by atoms with Gasteiger partial charge < -0.3 is 10.5 Å². The van der Waals surface area contributed by atoms with E-state index in [1.807, 2.05) is 31.2 Å². The number of nitrogens with zero attached hydrogens (tertiary/aromatic N) is 2. The van der Waals surface area contributed by atoms with Gasteiger partial charge in [0.25, 0.3) is 0 Å². The van der Waals surface area contributed by atoms with Crippen molar-refractivity contribution in [3.05, 3.63) is 42.0 Å². The molecule has 2 rings (SSSR count). The molecule has 1 aromatic carbocycles. The van der Waals surface area contributed by atoms with Crippen LogP contribution in [-0.2, 0) is 0 Å². The second kappa shape index (κ2) is 3.96. The van der Waals surface area contributed by atoms with Gasteiger partial charge in [-0.05, 0) is 25.1 Å². The highest BCUT2D eigenvalue weighted by atomic mass is 16.5. The first-order valence-corrected chi connectivity index (χ1v) is 4.58. The summed E-state index contributed by atoms with van der Waals surface area (Å²) in [6.07, 6.45) is 0. The lowest BCUT2D eigenvalue weighted by atomic mass is 10.2. The second-order valence-electron chi connectivity index (χ2n) is 3.21. The van der Waals surface area contributed by atoms with Gasteiger partial charge in [-0.2, -0.15) is 0 Å². The molecule has 0 spiro atoms. The Kier molecular flexibility index (Phi) is 2.49. The average Bonchev–Trinajstić information content (AvgIpc) is 2.25. The van der Waals surface area contributed by atoms with Gasteiger partial charge in [0, 0.05) is 6.07 Å². The monoisotopic (exact) mass is 201 g/mol. The Morgan fingerprint density at radius 3 is 2.33 bits per heavy atom. The summed E-state index contributed by atoms with van der Waals surface area (Å²) in [6, 6.07) is 11.0. The first kappa shape index (κ1) is 9.45. The van der Waals surface area contributed by atoms with Crippen molar-refractivity contribution in [1.82, 2.24) is 10.2 Å². The Labute approximate surface area is 87.7 Å². The van der Waals surface area contributed by atoms with Crippen LogP contribution < -0.4 is 10.5 Å². The summed E-state index contributed by atoms with van der Waals surface area (Å²) in [4.78, 5) is 0. The molecule has 0 radical (unpaired) electrons. The standard InChI is InChI=1S/C11H11N3O/c1-8-2-4-9(5-3-8)15-11-7-6-10(12)13-14-11/h2-7H,1H3,(H2,12,13). The van der Waals surface area contributed by atoms with Gasteiger partial charge in [-0.25, -0.2) is 0 Å². The summed E-state index contributed by atoms with van der Waals surface area (Å²) in [7, 11) is 0. The molecule has 0 amide bonds. The van der Waals surface area contributed by atoms with Crippen molar-refractivity contribution in [2.45, 2.75) is 6.92 Å². The zero-order valence-electron chi connectivity index (χ0n) is 8.34. The molecule has 0 saturated carbocycles. The smallest absolute Gasteiger partial charge is 0.238 e. The highest BCUT2D eigenvalue weighted by molar-refractivity contribution is 5.32. The van der Waals surface area contributed by atoms with Crippen LogP contribution in [0.15, 0.2) is 36.4 Å². The summed E-state index contributed by atoms with van der Waals surface area (Å²) in [5, 5.41) is 7.49. The number of anilines is 1. The zero-order valence-corrected chi connectivity index (χ0v) is 8.34. The molecular weight excluding hydrogens is 190 g/mol. The third-order valence-electron chi connectivity index (χ3n) is 1.90. The van der Waals surface area contributed by atoms with Gasteiger partial charge in [-0.3, -0.25) is 0 Å². The van der Waals surface area contributed by atoms with E-state index in [-0.39, 0.29) is 0 Å². The maximum absolute atomic E-state index is 5.46. The van der Waals surface area contributed by atoms with E-state index in [9.17, 15) is 0 Å². The number of rotatable bonds is 2. The lowest BCUT2D eigenvalue weighted by molar-refractivity contribution is 0.455. The summed E-state index contributed by atoms with van der Waals surface area (Å²) < 4.78 is 5.46. The molecule has 0 aliphatic heterocycles. The molecule has 1 heterocycles. The van der Waals surface area contributed by atoms with Gasteiger partial charge in [-0.15, -0.1) is 10.2 Å². The Hall–Kier alpha value is -2.10. The normalized spacial score (nSPS) is 9.93. The summed E-state index contributed by atoms with van der Waals surface area (Å²) in [5.41, 5.74) is 6.60. The molecule has 0 fully saturated rings. The van der Waals surface area contributed by atoms with E-state index in [1.54, 1.807) is 12.1 Å². The van der Waals surface area contributed by atoms with Crippen LogP contribution in [0.1, 0.15) is 5.56 Å². The number of aryl methyl sites for hydroxylation is 1. The number of nitrogens with two attached hydrogens (primary N) is 1. The van der Waals surface area contributed by atoms with Crippen molar-refractivity contribution < 1.29 is 4.74 Å². The number of nitrogen functional groups attached to an aromatic ring is 1. The van der Waals surface area contributed by atoms with E-state index < -0.39 is 0 Å². The van der Waals surface area contributed by atoms with Crippen LogP contribution in [0, 0.1) is 6.92 Å². The number of benzene rings is 1. The Bertz CT molecular complexity index is 393. The Morgan fingerprint density at radius 2 is 1.73 bits per heavy atom. The molecule has 4 heteroatoms. The largest absolute Gasteiger partial charge is 0.438 e. The fraction of sp³-hybridized carbons (Fsp3) is 0.0909. The summed E-state index contributed by atoms with van der Waals surface area (Å²) >= 11 is 0. The first-order chi connectivity index (χ1) is 7.24. The lowest BCUT2D eigenvalue weighted by Gasteiger charge is -2.03. The van der Waals surface area contributed by atoms with Gasteiger partial charge >= 0.3 is 0 Å². The van der Waals surface area contributed by atoms with Crippen LogP contribution in [-0.4, -0.2) is 10.2 Å². The SMILES string of the molecule is Cc1ccc(Oc2ccc(N)nn2)cc1. The van der Waals surface area contributed by atoms with E-state index in [0.29, 0.717) is 11.7 Å². The first-order valence-electron chi connectivity index (χ1n) is 4.58. The van der Waals surface area contributed by atoms with Crippen molar-refractivity contribution in [2.75, 3.05) is 5.73 Å². The van der Waals surface area contributed by atoms with E-state index in [2.05, 4.69) is 10.2 Å². The fourth-order valence-corrected chi connectivity index (χ4v) is 1.11. The minimum absolute atomic E-state index is 0.381. The number of hydrogen-bond acceptors (Lipinski definition) is 4. The number of aromatic nitrogens is 2. The molecule has 0 saturated heterocycles. The van der Waals surface area contributed by atoms with Crippen molar-refractivity contribution in [3.63, 3.8) is 0 Å². The lowest BCUT2D eigenvalue weighted by Crippen LogP contribution is -1.94. The van der Waals surface area contributed by atoms with Crippen LogP contribution >= 0.6 is 0 Å². The molecule has 0 aliphatic rings. The highest BCUT2D eigenvalue weighted by Crippen LogP contribution is 2.18. The quantitative estimate of drug-likeness (QED) is 0.808. The Morgan fingerprint density at radius 1 is 1.00 bits per heavy atom. The molecule has 0 unspecified atom stereocenters. The van der Waals surface area contributed by atoms with Crippen molar-refractivity contribution in [3.8, 4) is 11.6 Å². The van der Waals surface area contributed by atoms with Crippen LogP contribution in [0.25, 0.3) is 0 Å². The zero-order chi connectivity index (χ0) is 10.7. The van der Waals surface area contributed by atoms with Crippen LogP contribution in [0.4, 0.5) is 5.82 Å².